The highest BCUT2D eigenvalue weighted by Crippen LogP contribution is 2.34. The van der Waals surface area contributed by atoms with Gasteiger partial charge in [-0.1, -0.05) is 0 Å². The van der Waals surface area contributed by atoms with E-state index in [0.717, 1.165) is 26.2 Å². The molecule has 2 unspecified atom stereocenters. The van der Waals surface area contributed by atoms with Crippen molar-refractivity contribution in [1.82, 2.24) is 15.1 Å². The Morgan fingerprint density at radius 3 is 2.31 bits per heavy atom. The van der Waals surface area contributed by atoms with Crippen LogP contribution in [-0.2, 0) is 4.79 Å². The topological polar surface area (TPSA) is 35.6 Å². The number of hydrogen-bond acceptors (Lipinski definition) is 3. The molecular weight excluding hydrogens is 202 g/mol. The number of rotatable bonds is 2. The van der Waals surface area contributed by atoms with Crippen molar-refractivity contribution >= 4 is 5.91 Å². The molecule has 4 saturated heterocycles. The molecule has 0 aliphatic carbocycles. The Labute approximate surface area is 97.0 Å². The minimum atomic E-state index is 0.269. The van der Waals surface area contributed by atoms with Crippen molar-refractivity contribution < 1.29 is 4.79 Å². The minimum absolute atomic E-state index is 0.269. The Bertz CT molecular complexity index is 289. The van der Waals surface area contributed by atoms with Gasteiger partial charge in [-0.05, 0) is 20.3 Å². The summed E-state index contributed by atoms with van der Waals surface area (Å²) in [7, 11) is 0. The lowest BCUT2D eigenvalue weighted by Gasteiger charge is -2.58. The summed E-state index contributed by atoms with van der Waals surface area (Å²) in [6, 6.07) is 1.90. The van der Waals surface area contributed by atoms with Gasteiger partial charge in [0.1, 0.15) is 0 Å². The number of carbonyl (C=O) groups excluding carboxylic acids is 1. The fourth-order valence-electron chi connectivity index (χ4n) is 3.38. The van der Waals surface area contributed by atoms with Gasteiger partial charge in [-0.15, -0.1) is 0 Å². The summed E-state index contributed by atoms with van der Waals surface area (Å²) in [5.74, 6) is 0.654. The molecule has 2 atom stereocenters. The lowest BCUT2D eigenvalue weighted by Crippen LogP contribution is -2.72. The van der Waals surface area contributed by atoms with Crippen LogP contribution in [0, 0.1) is 5.92 Å². The number of fused-ring (bicyclic) bond motifs is 2. The quantitative estimate of drug-likeness (QED) is 0.710. The van der Waals surface area contributed by atoms with E-state index in [1.807, 2.05) is 0 Å². The van der Waals surface area contributed by atoms with Crippen molar-refractivity contribution in [3.05, 3.63) is 0 Å². The summed E-state index contributed by atoms with van der Waals surface area (Å²) >= 11 is 0. The highest BCUT2D eigenvalue weighted by atomic mass is 16.2. The number of piperidine rings is 1. The fourth-order valence-corrected chi connectivity index (χ4v) is 3.38. The molecule has 4 rings (SSSR count). The van der Waals surface area contributed by atoms with Gasteiger partial charge in [0.15, 0.2) is 0 Å². The maximum Gasteiger partial charge on any atom is 0.228 e. The number of hydrogen-bond donors (Lipinski definition) is 1. The van der Waals surface area contributed by atoms with E-state index in [0.29, 0.717) is 24.0 Å². The SMILES string of the molecule is CC(C)N1C2CC1CN(C(=O)C1CNC1)C2. The van der Waals surface area contributed by atoms with Crippen LogP contribution in [0.15, 0.2) is 0 Å². The smallest absolute Gasteiger partial charge is 0.228 e. The zero-order valence-corrected chi connectivity index (χ0v) is 10.1. The first-order valence-corrected chi connectivity index (χ1v) is 6.43. The molecule has 90 valence electrons. The van der Waals surface area contributed by atoms with Crippen LogP contribution in [0.5, 0.6) is 0 Å². The number of piperazine rings is 1. The minimum Gasteiger partial charge on any atom is -0.339 e. The molecule has 0 spiro atoms. The van der Waals surface area contributed by atoms with Gasteiger partial charge in [0.2, 0.25) is 5.91 Å². The molecule has 2 bridgehead atoms. The highest BCUT2D eigenvalue weighted by Gasteiger charge is 2.47. The molecule has 0 aromatic rings. The van der Waals surface area contributed by atoms with Gasteiger partial charge in [0.25, 0.3) is 0 Å². The molecule has 4 aliphatic rings. The Kier molecular flexibility index (Phi) is 2.44. The van der Waals surface area contributed by atoms with Gasteiger partial charge < -0.3 is 10.2 Å². The van der Waals surface area contributed by atoms with Crippen molar-refractivity contribution in [2.24, 2.45) is 5.92 Å². The lowest BCUT2D eigenvalue weighted by atomic mass is 9.85. The molecule has 4 nitrogen and oxygen atoms in total. The summed E-state index contributed by atoms with van der Waals surface area (Å²) < 4.78 is 0. The summed E-state index contributed by atoms with van der Waals surface area (Å²) in [5, 5.41) is 3.17. The van der Waals surface area contributed by atoms with E-state index in [4.69, 9.17) is 0 Å². The fraction of sp³-hybridized carbons (Fsp3) is 0.917. The monoisotopic (exact) mass is 223 g/mol. The van der Waals surface area contributed by atoms with Crippen LogP contribution in [0.25, 0.3) is 0 Å². The van der Waals surface area contributed by atoms with Crippen LogP contribution < -0.4 is 5.32 Å². The summed E-state index contributed by atoms with van der Waals surface area (Å²) in [6.45, 7) is 8.21. The predicted octanol–water partition coefficient (Wildman–Crippen LogP) is -0.101. The van der Waals surface area contributed by atoms with Crippen molar-refractivity contribution in [3.63, 3.8) is 0 Å². The third-order valence-electron chi connectivity index (χ3n) is 4.29. The van der Waals surface area contributed by atoms with Gasteiger partial charge >= 0.3 is 0 Å². The Hall–Kier alpha value is -0.610. The maximum absolute atomic E-state index is 12.1. The van der Waals surface area contributed by atoms with Gasteiger partial charge in [-0.2, -0.15) is 0 Å². The number of carbonyl (C=O) groups is 1. The van der Waals surface area contributed by atoms with Crippen molar-refractivity contribution in [3.8, 4) is 0 Å². The van der Waals surface area contributed by atoms with Crippen molar-refractivity contribution in [2.75, 3.05) is 26.2 Å². The average Bonchev–Trinajstić information content (AvgIpc) is 2.13. The van der Waals surface area contributed by atoms with E-state index in [1.165, 1.54) is 6.42 Å². The Morgan fingerprint density at radius 2 is 1.88 bits per heavy atom. The molecule has 4 heteroatoms. The Morgan fingerprint density at radius 1 is 1.25 bits per heavy atom. The maximum atomic E-state index is 12.1. The third-order valence-corrected chi connectivity index (χ3v) is 4.29. The third kappa shape index (κ3) is 1.47. The molecule has 0 aromatic heterocycles. The van der Waals surface area contributed by atoms with Crippen molar-refractivity contribution in [1.29, 1.82) is 0 Å². The summed E-state index contributed by atoms with van der Waals surface area (Å²) in [6.07, 6.45) is 1.30. The van der Waals surface area contributed by atoms with Crippen LogP contribution in [0.4, 0.5) is 0 Å². The zero-order valence-electron chi connectivity index (χ0n) is 10.1. The first-order chi connectivity index (χ1) is 7.66. The van der Waals surface area contributed by atoms with Crippen molar-refractivity contribution in [2.45, 2.75) is 38.4 Å². The molecule has 0 radical (unpaired) electrons. The van der Waals surface area contributed by atoms with Crippen LogP contribution >= 0.6 is 0 Å². The second-order valence-electron chi connectivity index (χ2n) is 5.68. The van der Waals surface area contributed by atoms with Crippen LogP contribution in [-0.4, -0.2) is 60.0 Å². The molecule has 1 amide bonds. The first kappa shape index (κ1) is 10.5. The molecule has 4 heterocycles. The molecule has 4 fully saturated rings. The average molecular weight is 223 g/mol. The molecule has 0 saturated carbocycles. The molecular formula is C12H21N3O. The van der Waals surface area contributed by atoms with E-state index in [2.05, 4.69) is 29.0 Å². The van der Waals surface area contributed by atoms with Gasteiger partial charge in [0.05, 0.1) is 5.92 Å². The van der Waals surface area contributed by atoms with E-state index < -0.39 is 0 Å². The number of nitrogens with one attached hydrogen (secondary N) is 1. The highest BCUT2D eigenvalue weighted by molar-refractivity contribution is 5.80. The summed E-state index contributed by atoms with van der Waals surface area (Å²) in [5.41, 5.74) is 0. The predicted molar refractivity (Wildman–Crippen MR) is 62.1 cm³/mol. The van der Waals surface area contributed by atoms with Crippen LogP contribution in [0.3, 0.4) is 0 Å². The van der Waals surface area contributed by atoms with E-state index >= 15 is 0 Å². The largest absolute Gasteiger partial charge is 0.339 e. The molecule has 0 aromatic carbocycles. The number of nitrogens with zero attached hydrogens (tertiary/aromatic N) is 2. The first-order valence-electron chi connectivity index (χ1n) is 6.43. The molecule has 4 aliphatic heterocycles. The summed E-state index contributed by atoms with van der Waals surface area (Å²) in [4.78, 5) is 16.8. The van der Waals surface area contributed by atoms with Crippen LogP contribution in [0.2, 0.25) is 0 Å². The molecule has 16 heavy (non-hydrogen) atoms. The van der Waals surface area contributed by atoms with Gasteiger partial charge in [-0.3, -0.25) is 9.69 Å². The van der Waals surface area contributed by atoms with Gasteiger partial charge in [-0.25, -0.2) is 0 Å². The standard InChI is InChI=1S/C12H21N3O/c1-8(2)15-10-3-11(15)7-14(6-10)12(16)9-4-13-5-9/h8-11,13H,3-7H2,1-2H3. The van der Waals surface area contributed by atoms with Gasteiger partial charge in [0, 0.05) is 44.3 Å². The Balaban J connectivity index is 1.60. The zero-order chi connectivity index (χ0) is 11.3. The second-order valence-corrected chi connectivity index (χ2v) is 5.68. The second kappa shape index (κ2) is 3.70. The van der Waals surface area contributed by atoms with E-state index in [1.54, 1.807) is 0 Å². The van der Waals surface area contributed by atoms with E-state index in [9.17, 15) is 4.79 Å². The number of amides is 1. The van der Waals surface area contributed by atoms with E-state index in [-0.39, 0.29) is 5.92 Å². The normalized spacial score (nSPS) is 34.8. The van der Waals surface area contributed by atoms with Crippen LogP contribution in [0.1, 0.15) is 20.3 Å². The molecule has 1 N–H and O–H groups in total. The lowest BCUT2D eigenvalue weighted by molar-refractivity contribution is -0.152.